The number of ether oxygens (including phenoxy) is 1. The Morgan fingerprint density at radius 3 is 1.90 bits per heavy atom. The van der Waals surface area contributed by atoms with Gasteiger partial charge in [0.1, 0.15) is 12.2 Å². The first-order valence-electron chi connectivity index (χ1n) is 13.2. The lowest BCUT2D eigenvalue weighted by Crippen LogP contribution is -2.44. The van der Waals surface area contributed by atoms with Crippen LogP contribution < -0.4 is 11.4 Å². The zero-order valence-electron chi connectivity index (χ0n) is 24.9. The highest BCUT2D eigenvalue weighted by molar-refractivity contribution is 8.14. The van der Waals surface area contributed by atoms with Crippen LogP contribution in [-0.2, 0) is 33.5 Å². The summed E-state index contributed by atoms with van der Waals surface area (Å²) >= 11 is 2.22. The molecule has 226 valence electrons. The number of rotatable bonds is 13. The van der Waals surface area contributed by atoms with E-state index in [0.717, 1.165) is 34.7 Å². The van der Waals surface area contributed by atoms with Crippen LogP contribution in [0.4, 0.5) is 5.82 Å². The normalized spacial score (nSPS) is 16.0. The van der Waals surface area contributed by atoms with Gasteiger partial charge in [-0.15, -0.1) is 0 Å². The number of hydrogen-bond acceptors (Lipinski definition) is 11. The summed E-state index contributed by atoms with van der Waals surface area (Å²) < 4.78 is 32.6. The SMILES string of the molecule is CC1=C(C)CC(COCP(=O)(OCCSC(=O)C(C)(C)C)OCCSC(=O)C(C)(C)C)(n2ccc(N)nc2=O)C1. The molecule has 1 aromatic heterocycles. The Hall–Kier alpha value is -1.43. The second-order valence-corrected chi connectivity index (χ2v) is 16.3. The quantitative estimate of drug-likeness (QED) is 0.171. The van der Waals surface area contributed by atoms with E-state index in [4.69, 9.17) is 19.5 Å². The Morgan fingerprint density at radius 1 is 1.00 bits per heavy atom. The molecule has 1 heterocycles. The number of thioether (sulfide) groups is 2. The lowest BCUT2D eigenvalue weighted by Gasteiger charge is -2.32. The highest BCUT2D eigenvalue weighted by Gasteiger charge is 2.40. The van der Waals surface area contributed by atoms with Crippen LogP contribution in [0.2, 0.25) is 0 Å². The van der Waals surface area contributed by atoms with Crippen molar-refractivity contribution in [2.24, 2.45) is 10.8 Å². The molecule has 2 N–H and O–H groups in total. The first-order valence-corrected chi connectivity index (χ1v) is 16.9. The van der Waals surface area contributed by atoms with E-state index in [1.54, 1.807) is 12.3 Å². The number of carbonyl (C=O) groups is 2. The van der Waals surface area contributed by atoms with Gasteiger partial charge in [0.05, 0.1) is 25.4 Å². The molecule has 0 fully saturated rings. The Balaban J connectivity index is 2.11. The van der Waals surface area contributed by atoms with E-state index in [1.165, 1.54) is 4.57 Å². The van der Waals surface area contributed by atoms with Crippen LogP contribution >= 0.6 is 31.1 Å². The summed E-state index contributed by atoms with van der Waals surface area (Å²) in [6.45, 7) is 15.1. The third kappa shape index (κ3) is 10.1. The summed E-state index contributed by atoms with van der Waals surface area (Å²) in [6, 6.07) is 1.57. The van der Waals surface area contributed by atoms with E-state index >= 15 is 0 Å². The molecular weight excluding hydrogens is 573 g/mol. The zero-order valence-corrected chi connectivity index (χ0v) is 27.4. The van der Waals surface area contributed by atoms with Gasteiger partial charge in [-0.2, -0.15) is 4.98 Å². The highest BCUT2D eigenvalue weighted by atomic mass is 32.2. The van der Waals surface area contributed by atoms with E-state index in [9.17, 15) is 18.9 Å². The van der Waals surface area contributed by atoms with E-state index in [1.807, 2.05) is 55.4 Å². The number of carbonyl (C=O) groups excluding carboxylic acids is 2. The molecule has 40 heavy (non-hydrogen) atoms. The largest absolute Gasteiger partial charge is 0.383 e. The van der Waals surface area contributed by atoms with Crippen LogP contribution in [0.15, 0.2) is 28.2 Å². The van der Waals surface area contributed by atoms with Crippen molar-refractivity contribution in [2.75, 3.05) is 43.4 Å². The van der Waals surface area contributed by atoms with Crippen LogP contribution in [-0.4, -0.2) is 57.5 Å². The molecule has 13 heteroatoms. The molecule has 2 rings (SSSR count). The molecule has 10 nitrogen and oxygen atoms in total. The summed E-state index contributed by atoms with van der Waals surface area (Å²) in [5, 5.41) is 0.00770. The molecular formula is C27H44N3O7PS2. The van der Waals surface area contributed by atoms with E-state index in [2.05, 4.69) is 4.98 Å². The number of hydrogen-bond donors (Lipinski definition) is 1. The molecule has 0 bridgehead atoms. The zero-order chi connectivity index (χ0) is 30.4. The number of nitrogens with zero attached hydrogens (tertiary/aromatic N) is 2. The molecule has 1 aliphatic rings. The Labute approximate surface area is 246 Å². The van der Waals surface area contributed by atoms with Crippen LogP contribution in [0.3, 0.4) is 0 Å². The molecule has 1 aliphatic carbocycles. The second-order valence-electron chi connectivity index (χ2n) is 12.2. The molecule has 0 saturated heterocycles. The predicted molar refractivity (Wildman–Crippen MR) is 163 cm³/mol. The van der Waals surface area contributed by atoms with Crippen LogP contribution in [0.5, 0.6) is 0 Å². The van der Waals surface area contributed by atoms with Gasteiger partial charge in [-0.25, -0.2) is 4.79 Å². The van der Waals surface area contributed by atoms with Gasteiger partial charge in [-0.05, 0) is 32.8 Å². The standard InChI is InChI=1S/C27H44N3O7PS2/c1-19-15-27(16-20(19)2,30-10-9-21(28)29-24(30)33)17-35-18-38(34,36-11-13-39-22(31)25(3,4)5)37-12-14-40-23(32)26(6,7)8/h9-10H,11-18H2,1-8H3,(H2,28,29,33). The number of nitrogen functional groups attached to an aromatic ring is 1. The Kier molecular flexibility index (Phi) is 12.3. The van der Waals surface area contributed by atoms with Crippen molar-refractivity contribution in [3.63, 3.8) is 0 Å². The minimum atomic E-state index is -3.76. The number of anilines is 1. The van der Waals surface area contributed by atoms with Gasteiger partial charge in [0.2, 0.25) is 0 Å². The van der Waals surface area contributed by atoms with Gasteiger partial charge in [0.15, 0.2) is 10.2 Å². The van der Waals surface area contributed by atoms with E-state index < -0.39 is 29.7 Å². The van der Waals surface area contributed by atoms with E-state index in [-0.39, 0.29) is 42.2 Å². The molecule has 0 aromatic carbocycles. The third-order valence-corrected chi connectivity index (χ3v) is 10.4. The molecule has 0 saturated carbocycles. The summed E-state index contributed by atoms with van der Waals surface area (Å²) in [5.41, 5.74) is 5.75. The number of nitrogens with two attached hydrogens (primary N) is 1. The van der Waals surface area contributed by atoms with Gasteiger partial charge < -0.3 is 19.5 Å². The van der Waals surface area contributed by atoms with Gasteiger partial charge in [-0.1, -0.05) is 76.2 Å². The molecule has 0 radical (unpaired) electrons. The fraction of sp³-hybridized carbons (Fsp3) is 0.704. The molecule has 0 amide bonds. The summed E-state index contributed by atoms with van der Waals surface area (Å²) in [4.78, 5) is 41.1. The lowest BCUT2D eigenvalue weighted by molar-refractivity contribution is -0.118. The molecule has 0 spiro atoms. The topological polar surface area (TPSA) is 140 Å². The number of allylic oxidation sites excluding steroid dienone is 2. The average molecular weight is 618 g/mol. The average Bonchev–Trinajstić information content (AvgIpc) is 3.11. The number of aromatic nitrogens is 2. The summed E-state index contributed by atoms with van der Waals surface area (Å²) in [7, 11) is -3.76. The van der Waals surface area contributed by atoms with Crippen LogP contribution in [0.25, 0.3) is 0 Å². The summed E-state index contributed by atoms with van der Waals surface area (Å²) in [5.74, 6) is 0.743. The highest BCUT2D eigenvalue weighted by Crippen LogP contribution is 2.49. The minimum absolute atomic E-state index is 0.00385. The third-order valence-electron chi connectivity index (χ3n) is 6.31. The van der Waals surface area contributed by atoms with Gasteiger partial charge in [0, 0.05) is 28.5 Å². The molecule has 0 unspecified atom stereocenters. The predicted octanol–water partition coefficient (Wildman–Crippen LogP) is 5.46. The first-order chi connectivity index (χ1) is 18.4. The monoisotopic (exact) mass is 617 g/mol. The molecule has 1 aromatic rings. The van der Waals surface area contributed by atoms with Gasteiger partial charge >= 0.3 is 13.3 Å². The van der Waals surface area contributed by atoms with Crippen LogP contribution in [0, 0.1) is 10.8 Å². The molecule has 0 atom stereocenters. The summed E-state index contributed by atoms with van der Waals surface area (Å²) in [6.07, 6.45) is 2.39. The molecule has 0 aliphatic heterocycles. The van der Waals surface area contributed by atoms with E-state index in [0.29, 0.717) is 24.3 Å². The fourth-order valence-corrected chi connectivity index (χ4v) is 7.08. The second kappa shape index (κ2) is 14.2. The van der Waals surface area contributed by atoms with Crippen molar-refractivity contribution in [1.29, 1.82) is 0 Å². The van der Waals surface area contributed by atoms with Crippen molar-refractivity contribution in [2.45, 2.75) is 73.8 Å². The smallest absolute Gasteiger partial charge is 0.356 e. The first kappa shape index (κ1) is 34.8. The Morgan fingerprint density at radius 2 is 1.48 bits per heavy atom. The van der Waals surface area contributed by atoms with Gasteiger partial charge in [0.25, 0.3) is 0 Å². The van der Waals surface area contributed by atoms with Crippen LogP contribution in [0.1, 0.15) is 68.2 Å². The van der Waals surface area contributed by atoms with Crippen molar-refractivity contribution in [1.82, 2.24) is 9.55 Å². The maximum absolute atomic E-state index is 13.7. The van der Waals surface area contributed by atoms with Crippen molar-refractivity contribution in [3.05, 3.63) is 33.9 Å². The van der Waals surface area contributed by atoms with Gasteiger partial charge in [-0.3, -0.25) is 18.7 Å². The maximum Gasteiger partial charge on any atom is 0.356 e. The maximum atomic E-state index is 13.7. The Bertz CT molecular complexity index is 1150. The van der Waals surface area contributed by atoms with Crippen molar-refractivity contribution in [3.8, 4) is 0 Å². The minimum Gasteiger partial charge on any atom is -0.383 e. The van der Waals surface area contributed by atoms with Crippen molar-refractivity contribution < 1.29 is 27.9 Å². The fourth-order valence-electron chi connectivity index (χ4n) is 3.98. The van der Waals surface area contributed by atoms with Crippen molar-refractivity contribution >= 4 is 47.2 Å². The lowest BCUT2D eigenvalue weighted by atomic mass is 9.95.